The summed E-state index contributed by atoms with van der Waals surface area (Å²) < 4.78 is 5.93. The molecule has 2 N–H and O–H groups in total. The molecule has 1 atom stereocenters. The van der Waals surface area contributed by atoms with Gasteiger partial charge in [0.25, 0.3) is 0 Å². The normalized spacial score (nSPS) is 11.9. The van der Waals surface area contributed by atoms with E-state index in [1.54, 1.807) is 11.8 Å². The van der Waals surface area contributed by atoms with Crippen molar-refractivity contribution in [1.29, 1.82) is 0 Å². The SMILES string of the molecule is CC(NC(=O)N(CCO)Cc1ccccc1)Oc1ccccc1C(C)C. The number of carbonyl (C=O) groups is 1. The molecule has 0 saturated heterocycles. The molecule has 2 aromatic carbocycles. The summed E-state index contributed by atoms with van der Waals surface area (Å²) >= 11 is 0. The molecule has 0 aliphatic heterocycles. The highest BCUT2D eigenvalue weighted by Gasteiger charge is 2.17. The largest absolute Gasteiger partial charge is 0.471 e. The first-order valence-electron chi connectivity index (χ1n) is 8.97. The van der Waals surface area contributed by atoms with Crippen LogP contribution in [-0.2, 0) is 6.54 Å². The monoisotopic (exact) mass is 356 g/mol. The number of nitrogens with one attached hydrogen (secondary N) is 1. The number of aliphatic hydroxyl groups is 1. The Hall–Kier alpha value is -2.53. The third-order valence-electron chi connectivity index (χ3n) is 4.04. The van der Waals surface area contributed by atoms with Gasteiger partial charge in [0.15, 0.2) is 6.23 Å². The van der Waals surface area contributed by atoms with Crippen molar-refractivity contribution in [3.8, 4) is 5.75 Å². The van der Waals surface area contributed by atoms with Crippen molar-refractivity contribution in [3.63, 3.8) is 0 Å². The number of hydrogen-bond donors (Lipinski definition) is 2. The molecule has 0 bridgehead atoms. The predicted molar refractivity (Wildman–Crippen MR) is 103 cm³/mol. The van der Waals surface area contributed by atoms with Crippen LogP contribution in [-0.4, -0.2) is 35.4 Å². The first-order chi connectivity index (χ1) is 12.5. The van der Waals surface area contributed by atoms with Gasteiger partial charge in [0.2, 0.25) is 0 Å². The van der Waals surface area contributed by atoms with Crippen molar-refractivity contribution in [2.75, 3.05) is 13.2 Å². The Bertz CT molecular complexity index is 689. The predicted octanol–water partition coefficient (Wildman–Crippen LogP) is 3.74. The third-order valence-corrected chi connectivity index (χ3v) is 4.04. The molecule has 5 nitrogen and oxygen atoms in total. The van der Waals surface area contributed by atoms with Crippen LogP contribution in [0.5, 0.6) is 5.75 Å². The zero-order chi connectivity index (χ0) is 18.9. The van der Waals surface area contributed by atoms with Gasteiger partial charge in [0.1, 0.15) is 5.75 Å². The molecule has 0 heterocycles. The van der Waals surface area contributed by atoms with E-state index in [2.05, 4.69) is 19.2 Å². The van der Waals surface area contributed by atoms with Crippen molar-refractivity contribution in [2.45, 2.75) is 39.5 Å². The van der Waals surface area contributed by atoms with Crippen molar-refractivity contribution in [2.24, 2.45) is 0 Å². The second-order valence-electron chi connectivity index (χ2n) is 6.53. The van der Waals surface area contributed by atoms with Gasteiger partial charge in [-0.1, -0.05) is 62.4 Å². The van der Waals surface area contributed by atoms with Crippen molar-refractivity contribution in [3.05, 3.63) is 65.7 Å². The summed E-state index contributed by atoms with van der Waals surface area (Å²) in [6.45, 7) is 6.61. The van der Waals surface area contributed by atoms with E-state index >= 15 is 0 Å². The summed E-state index contributed by atoms with van der Waals surface area (Å²) in [6, 6.07) is 17.3. The summed E-state index contributed by atoms with van der Waals surface area (Å²) in [4.78, 5) is 14.2. The lowest BCUT2D eigenvalue weighted by molar-refractivity contribution is 0.141. The van der Waals surface area contributed by atoms with Crippen LogP contribution in [0.15, 0.2) is 54.6 Å². The van der Waals surface area contributed by atoms with Crippen LogP contribution in [0.25, 0.3) is 0 Å². The molecule has 0 spiro atoms. The molecule has 1 unspecified atom stereocenters. The Morgan fingerprint density at radius 1 is 1.08 bits per heavy atom. The lowest BCUT2D eigenvalue weighted by atomic mass is 10.0. The molecule has 0 aliphatic carbocycles. The van der Waals surface area contributed by atoms with Gasteiger partial charge in [-0.3, -0.25) is 0 Å². The number of urea groups is 1. The smallest absolute Gasteiger partial charge is 0.320 e. The van der Waals surface area contributed by atoms with Gasteiger partial charge in [0, 0.05) is 13.1 Å². The van der Waals surface area contributed by atoms with Crippen LogP contribution >= 0.6 is 0 Å². The van der Waals surface area contributed by atoms with E-state index < -0.39 is 6.23 Å². The van der Waals surface area contributed by atoms with Crippen LogP contribution in [0.3, 0.4) is 0 Å². The maximum absolute atomic E-state index is 12.6. The topological polar surface area (TPSA) is 61.8 Å². The van der Waals surface area contributed by atoms with E-state index in [1.165, 1.54) is 0 Å². The number of para-hydroxylation sites is 1. The minimum atomic E-state index is -0.487. The maximum Gasteiger partial charge on any atom is 0.320 e. The highest BCUT2D eigenvalue weighted by atomic mass is 16.5. The van der Waals surface area contributed by atoms with Gasteiger partial charge in [0.05, 0.1) is 6.61 Å². The first kappa shape index (κ1) is 19.8. The summed E-state index contributed by atoms with van der Waals surface area (Å²) in [5.41, 5.74) is 2.11. The minimum absolute atomic E-state index is 0.0916. The molecule has 2 amide bonds. The number of ether oxygens (including phenoxy) is 1. The molecular weight excluding hydrogens is 328 g/mol. The number of carbonyl (C=O) groups excluding carboxylic acids is 1. The Kier molecular flexibility index (Phi) is 7.48. The molecule has 0 aliphatic rings. The number of hydrogen-bond acceptors (Lipinski definition) is 3. The first-order valence-corrected chi connectivity index (χ1v) is 8.97. The van der Waals surface area contributed by atoms with Crippen molar-refractivity contribution in [1.82, 2.24) is 10.2 Å². The third kappa shape index (κ3) is 5.77. The summed E-state index contributed by atoms with van der Waals surface area (Å²) in [5, 5.41) is 12.1. The second kappa shape index (κ2) is 9.82. The number of amides is 2. The highest BCUT2D eigenvalue weighted by molar-refractivity contribution is 5.74. The van der Waals surface area contributed by atoms with E-state index in [9.17, 15) is 9.90 Å². The zero-order valence-electron chi connectivity index (χ0n) is 15.7. The van der Waals surface area contributed by atoms with E-state index in [0.29, 0.717) is 12.5 Å². The van der Waals surface area contributed by atoms with E-state index in [4.69, 9.17) is 4.74 Å². The summed E-state index contributed by atoms with van der Waals surface area (Å²) in [7, 11) is 0. The molecule has 0 fully saturated rings. The molecular formula is C21H28N2O3. The van der Waals surface area contributed by atoms with Gasteiger partial charge >= 0.3 is 6.03 Å². The van der Waals surface area contributed by atoms with Crippen molar-refractivity contribution < 1.29 is 14.6 Å². The Morgan fingerprint density at radius 3 is 2.38 bits per heavy atom. The molecule has 2 rings (SSSR count). The van der Waals surface area contributed by atoms with Crippen LogP contribution in [0, 0.1) is 0 Å². The molecule has 0 saturated carbocycles. The highest BCUT2D eigenvalue weighted by Crippen LogP contribution is 2.26. The Morgan fingerprint density at radius 2 is 1.73 bits per heavy atom. The summed E-state index contributed by atoms with van der Waals surface area (Å²) in [6.07, 6.45) is -0.487. The molecule has 140 valence electrons. The van der Waals surface area contributed by atoms with E-state index in [1.807, 2.05) is 54.6 Å². The Labute approximate surface area is 155 Å². The van der Waals surface area contributed by atoms with Gasteiger partial charge in [-0.05, 0) is 30.0 Å². The number of nitrogens with zero attached hydrogens (tertiary/aromatic N) is 1. The minimum Gasteiger partial charge on any atom is -0.471 e. The quantitative estimate of drug-likeness (QED) is 0.708. The molecule has 2 aromatic rings. The fourth-order valence-corrected chi connectivity index (χ4v) is 2.73. The second-order valence-corrected chi connectivity index (χ2v) is 6.53. The van der Waals surface area contributed by atoms with Crippen LogP contribution in [0.2, 0.25) is 0 Å². The number of rotatable bonds is 8. The summed E-state index contributed by atoms with van der Waals surface area (Å²) in [5.74, 6) is 1.10. The number of benzene rings is 2. The fourth-order valence-electron chi connectivity index (χ4n) is 2.73. The number of aliphatic hydroxyl groups excluding tert-OH is 1. The van der Waals surface area contributed by atoms with E-state index in [0.717, 1.165) is 16.9 Å². The average Bonchev–Trinajstić information content (AvgIpc) is 2.62. The van der Waals surface area contributed by atoms with Gasteiger partial charge < -0.3 is 20.1 Å². The maximum atomic E-state index is 12.6. The Balaban J connectivity index is 1.99. The lowest BCUT2D eigenvalue weighted by Gasteiger charge is -2.26. The molecule has 26 heavy (non-hydrogen) atoms. The average molecular weight is 356 g/mol. The van der Waals surface area contributed by atoms with Crippen LogP contribution in [0.4, 0.5) is 4.79 Å². The van der Waals surface area contributed by atoms with E-state index in [-0.39, 0.29) is 19.2 Å². The zero-order valence-corrected chi connectivity index (χ0v) is 15.7. The molecule has 0 aromatic heterocycles. The van der Waals surface area contributed by atoms with Gasteiger partial charge in [-0.2, -0.15) is 0 Å². The lowest BCUT2D eigenvalue weighted by Crippen LogP contribution is -2.46. The molecule has 0 radical (unpaired) electrons. The standard InChI is InChI=1S/C21H28N2O3/c1-16(2)19-11-7-8-12-20(19)26-17(3)22-21(25)23(13-14-24)15-18-9-5-4-6-10-18/h4-12,16-17,24H,13-15H2,1-3H3,(H,22,25). The molecule has 5 heteroatoms. The van der Waals surface area contributed by atoms with Crippen molar-refractivity contribution >= 4 is 6.03 Å². The fraction of sp³-hybridized carbons (Fsp3) is 0.381. The van der Waals surface area contributed by atoms with Gasteiger partial charge in [-0.15, -0.1) is 0 Å². The van der Waals surface area contributed by atoms with Gasteiger partial charge in [-0.25, -0.2) is 4.79 Å². The van der Waals surface area contributed by atoms with Crippen LogP contribution in [0.1, 0.15) is 37.8 Å². The van der Waals surface area contributed by atoms with Crippen LogP contribution < -0.4 is 10.1 Å².